The van der Waals surface area contributed by atoms with E-state index in [0.717, 1.165) is 12.0 Å². The standard InChI is InChI=1S/C20H29N5O2/c1-12(2)9-16(21)18(26)25(8-7-15-10-20(15,25)19(24)27)11-13-3-5-14(6-4-13)17(22)23/h3-6,12,15-16H,7-11,21H2,1-2H3,(H4-,22,23,24,27)/p+1/t15-,16-,20+,25?/m1/s1. The van der Waals surface area contributed by atoms with Gasteiger partial charge in [0.25, 0.3) is 5.91 Å². The third-order valence-electron chi connectivity index (χ3n) is 6.30. The van der Waals surface area contributed by atoms with Gasteiger partial charge < -0.3 is 17.2 Å². The van der Waals surface area contributed by atoms with Crippen molar-refractivity contribution in [1.29, 1.82) is 5.41 Å². The maximum atomic E-state index is 13.5. The molecular formula is C20H30N5O2+. The van der Waals surface area contributed by atoms with Crippen molar-refractivity contribution < 1.29 is 14.1 Å². The zero-order valence-electron chi connectivity index (χ0n) is 16.1. The molecule has 7 N–H and O–H groups in total. The molecule has 3 rings (SSSR count). The molecule has 7 heteroatoms. The van der Waals surface area contributed by atoms with Crippen molar-refractivity contribution in [3.63, 3.8) is 0 Å². The summed E-state index contributed by atoms with van der Waals surface area (Å²) < 4.78 is 0.0281. The average Bonchev–Trinajstić information content (AvgIpc) is 3.27. The minimum Gasteiger partial charge on any atom is -0.384 e. The van der Waals surface area contributed by atoms with Crippen molar-refractivity contribution in [3.05, 3.63) is 35.4 Å². The van der Waals surface area contributed by atoms with Crippen LogP contribution in [-0.2, 0) is 16.1 Å². The average molecular weight is 372 g/mol. The van der Waals surface area contributed by atoms with E-state index in [9.17, 15) is 9.59 Å². The molecule has 0 radical (unpaired) electrons. The van der Waals surface area contributed by atoms with E-state index >= 15 is 0 Å². The van der Waals surface area contributed by atoms with Gasteiger partial charge in [-0.05, 0) is 12.3 Å². The van der Waals surface area contributed by atoms with E-state index in [-0.39, 0.29) is 22.1 Å². The molecule has 0 aromatic heterocycles. The zero-order chi connectivity index (χ0) is 20.0. The summed E-state index contributed by atoms with van der Waals surface area (Å²) in [6.07, 6.45) is 2.06. The van der Waals surface area contributed by atoms with Crippen molar-refractivity contribution in [3.8, 4) is 0 Å². The number of piperidine rings is 1. The summed E-state index contributed by atoms with van der Waals surface area (Å²) in [4.78, 5) is 25.9. The SMILES string of the molecule is CC(C)C[C@@H](N)C(=O)[N+]1(Cc2ccc(C(=N)N)cc2)CC[C@@H]2C[C@@]21C(N)=O. The van der Waals surface area contributed by atoms with Crippen molar-refractivity contribution in [1.82, 2.24) is 0 Å². The molecule has 1 unspecified atom stereocenters. The second kappa shape index (κ2) is 6.73. The molecule has 1 aliphatic heterocycles. The Morgan fingerprint density at radius 3 is 2.37 bits per heavy atom. The Morgan fingerprint density at radius 1 is 1.26 bits per heavy atom. The number of hydrogen-bond acceptors (Lipinski definition) is 4. The molecule has 2 aliphatic rings. The Morgan fingerprint density at radius 2 is 1.89 bits per heavy atom. The first-order chi connectivity index (χ1) is 12.6. The Kier molecular flexibility index (Phi) is 4.86. The molecule has 27 heavy (non-hydrogen) atoms. The molecule has 7 nitrogen and oxygen atoms in total. The van der Waals surface area contributed by atoms with Crippen molar-refractivity contribution in [2.24, 2.45) is 29.0 Å². The minimum atomic E-state index is -0.815. The van der Waals surface area contributed by atoms with Crippen LogP contribution in [0.1, 0.15) is 44.2 Å². The van der Waals surface area contributed by atoms with Crippen LogP contribution in [0.5, 0.6) is 0 Å². The van der Waals surface area contributed by atoms with Gasteiger partial charge in [0.1, 0.15) is 18.4 Å². The number of amidine groups is 1. The fourth-order valence-electron chi connectivity index (χ4n) is 4.90. The smallest absolute Gasteiger partial charge is 0.331 e. The quantitative estimate of drug-likeness (QED) is 0.320. The van der Waals surface area contributed by atoms with Gasteiger partial charge in [-0.1, -0.05) is 38.1 Å². The summed E-state index contributed by atoms with van der Waals surface area (Å²) in [5.74, 6) is -0.0196. The van der Waals surface area contributed by atoms with Gasteiger partial charge in [0.2, 0.25) is 0 Å². The number of benzene rings is 1. The summed E-state index contributed by atoms with van der Waals surface area (Å²) in [5, 5.41) is 7.53. The summed E-state index contributed by atoms with van der Waals surface area (Å²) in [5.41, 5.74) is 18.3. The van der Waals surface area contributed by atoms with Gasteiger partial charge in [-0.3, -0.25) is 10.2 Å². The topological polar surface area (TPSA) is 136 Å². The van der Waals surface area contributed by atoms with E-state index in [1.165, 1.54) is 0 Å². The number of amides is 2. The van der Waals surface area contributed by atoms with Crippen LogP contribution in [-0.4, -0.2) is 40.3 Å². The van der Waals surface area contributed by atoms with E-state index < -0.39 is 17.5 Å². The lowest BCUT2D eigenvalue weighted by atomic mass is 9.99. The second-order valence-electron chi connectivity index (χ2n) is 8.51. The highest BCUT2D eigenvalue weighted by molar-refractivity contribution is 5.95. The molecule has 0 bridgehead atoms. The van der Waals surface area contributed by atoms with E-state index in [1.807, 2.05) is 26.0 Å². The molecule has 146 valence electrons. The summed E-state index contributed by atoms with van der Waals surface area (Å²) in [6.45, 7) is 5.05. The number of carbonyl (C=O) groups is 2. The van der Waals surface area contributed by atoms with Gasteiger partial charge in [-0.2, -0.15) is 0 Å². The molecule has 1 heterocycles. The third kappa shape index (κ3) is 3.04. The fourth-order valence-corrected chi connectivity index (χ4v) is 4.90. The van der Waals surface area contributed by atoms with Crippen LogP contribution in [0.15, 0.2) is 24.3 Å². The second-order valence-corrected chi connectivity index (χ2v) is 8.51. The fraction of sp³-hybridized carbons (Fsp3) is 0.550. The Balaban J connectivity index is 1.97. The number of hydrogen-bond donors (Lipinski definition) is 4. The Hall–Kier alpha value is -2.25. The predicted molar refractivity (Wildman–Crippen MR) is 103 cm³/mol. The van der Waals surface area contributed by atoms with E-state index in [2.05, 4.69) is 0 Å². The molecule has 2 fully saturated rings. The van der Waals surface area contributed by atoms with Crippen LogP contribution in [0.4, 0.5) is 0 Å². The van der Waals surface area contributed by atoms with Crippen molar-refractivity contribution in [2.75, 3.05) is 6.54 Å². The highest BCUT2D eigenvalue weighted by Gasteiger charge is 2.79. The molecule has 4 atom stereocenters. The first-order valence-electron chi connectivity index (χ1n) is 9.54. The number of nitrogens with zero attached hydrogens (tertiary/aromatic N) is 1. The van der Waals surface area contributed by atoms with Crippen LogP contribution >= 0.6 is 0 Å². The minimum absolute atomic E-state index is 0.00230. The molecule has 1 saturated heterocycles. The van der Waals surface area contributed by atoms with Gasteiger partial charge in [-0.25, -0.2) is 9.28 Å². The van der Waals surface area contributed by atoms with Crippen LogP contribution < -0.4 is 17.2 Å². The van der Waals surface area contributed by atoms with Gasteiger partial charge in [-0.15, -0.1) is 0 Å². The van der Waals surface area contributed by atoms with Crippen LogP contribution in [0.25, 0.3) is 0 Å². The highest BCUT2D eigenvalue weighted by atomic mass is 16.2. The first kappa shape index (κ1) is 19.5. The predicted octanol–water partition coefficient (Wildman–Crippen LogP) is 0.835. The largest absolute Gasteiger partial charge is 0.384 e. The van der Waals surface area contributed by atoms with Crippen molar-refractivity contribution >= 4 is 17.6 Å². The van der Waals surface area contributed by atoms with E-state index in [4.69, 9.17) is 22.6 Å². The van der Waals surface area contributed by atoms with Gasteiger partial charge in [0.15, 0.2) is 5.54 Å². The Bertz CT molecular complexity index is 775. The number of likely N-dealkylation sites (tertiary alicyclic amines) is 1. The van der Waals surface area contributed by atoms with Gasteiger partial charge in [0, 0.05) is 29.9 Å². The summed E-state index contributed by atoms with van der Waals surface area (Å²) >= 11 is 0. The third-order valence-corrected chi connectivity index (χ3v) is 6.30. The van der Waals surface area contributed by atoms with E-state index in [0.29, 0.717) is 37.4 Å². The number of quaternary nitrogens is 1. The van der Waals surface area contributed by atoms with Crippen LogP contribution in [0.3, 0.4) is 0 Å². The molecule has 1 aliphatic carbocycles. The summed E-state index contributed by atoms with van der Waals surface area (Å²) in [6, 6.07) is 6.65. The number of primary amides is 1. The molecule has 0 spiro atoms. The number of nitrogens with one attached hydrogen (secondary N) is 1. The molecule has 2 amide bonds. The normalized spacial score (nSPS) is 30.0. The molecule has 1 saturated carbocycles. The number of rotatable bonds is 7. The maximum Gasteiger partial charge on any atom is 0.331 e. The molecular weight excluding hydrogens is 342 g/mol. The van der Waals surface area contributed by atoms with Gasteiger partial charge in [0.05, 0.1) is 6.54 Å². The highest BCUT2D eigenvalue weighted by Crippen LogP contribution is 2.61. The maximum absolute atomic E-state index is 13.5. The number of nitrogen functional groups attached to an aromatic ring is 1. The monoisotopic (exact) mass is 372 g/mol. The lowest BCUT2D eigenvalue weighted by Crippen LogP contribution is -2.67. The van der Waals surface area contributed by atoms with Crippen molar-refractivity contribution in [2.45, 2.75) is 51.2 Å². The number of nitrogens with two attached hydrogens (primary N) is 3. The van der Waals surface area contributed by atoms with Crippen LogP contribution in [0.2, 0.25) is 0 Å². The first-order valence-corrected chi connectivity index (χ1v) is 9.54. The Labute approximate surface area is 160 Å². The lowest BCUT2D eigenvalue weighted by Gasteiger charge is -2.40. The zero-order valence-corrected chi connectivity index (χ0v) is 16.1. The number of fused-ring (bicyclic) bond motifs is 1. The molecule has 1 aromatic rings. The van der Waals surface area contributed by atoms with E-state index in [1.54, 1.807) is 12.1 Å². The lowest BCUT2D eigenvalue weighted by molar-refractivity contribution is -0.885. The van der Waals surface area contributed by atoms with Crippen LogP contribution in [0, 0.1) is 17.2 Å². The number of carbonyl (C=O) groups excluding carboxylic acids is 2. The molecule has 1 aromatic carbocycles. The van der Waals surface area contributed by atoms with Gasteiger partial charge >= 0.3 is 5.91 Å². The summed E-state index contributed by atoms with van der Waals surface area (Å²) in [7, 11) is 0.